The lowest BCUT2D eigenvalue weighted by atomic mass is 10.0. The number of hydrogen-bond donors (Lipinski definition) is 2. The molecule has 1 N–H and O–H groups in total. The van der Waals surface area contributed by atoms with E-state index in [0.717, 1.165) is 5.56 Å². The van der Waals surface area contributed by atoms with E-state index in [0.29, 0.717) is 47.0 Å². The minimum atomic E-state index is -0.306. The number of hydrogen-bond acceptors (Lipinski definition) is 7. The van der Waals surface area contributed by atoms with E-state index in [1.54, 1.807) is 43.5 Å². The van der Waals surface area contributed by atoms with Crippen molar-refractivity contribution in [3.05, 3.63) is 80.9 Å². The van der Waals surface area contributed by atoms with Crippen molar-refractivity contribution in [1.82, 2.24) is 14.5 Å². The number of pyridine rings is 2. The summed E-state index contributed by atoms with van der Waals surface area (Å²) in [6.07, 6.45) is 2.83. The highest BCUT2D eigenvalue weighted by Gasteiger charge is 2.32. The second-order valence-corrected chi connectivity index (χ2v) is 8.87. The van der Waals surface area contributed by atoms with Crippen molar-refractivity contribution in [2.24, 2.45) is 7.05 Å². The molecule has 3 aromatic rings. The molecule has 0 radical (unpaired) electrons. The number of nitrogens with zero attached hydrogens (tertiary/aromatic N) is 5. The molecule has 4 rings (SSSR count). The molecule has 1 aliphatic rings. The first-order chi connectivity index (χ1) is 16.3. The molecule has 2 atom stereocenters. The Hall–Kier alpha value is -3.48. The molecule has 0 amide bonds. The van der Waals surface area contributed by atoms with Gasteiger partial charge in [-0.1, -0.05) is 12.1 Å². The number of nitrogens with one attached hydrogen (secondary N) is 1. The van der Waals surface area contributed by atoms with Crippen molar-refractivity contribution >= 4 is 35.6 Å². The van der Waals surface area contributed by atoms with Gasteiger partial charge in [-0.05, 0) is 42.8 Å². The van der Waals surface area contributed by atoms with Crippen LogP contribution >= 0.6 is 12.6 Å². The van der Waals surface area contributed by atoms with Gasteiger partial charge in [0.25, 0.3) is 5.56 Å². The maximum Gasteiger partial charge on any atom is 0.252 e. The number of allylic oxidation sites excluding steroid dienone is 1. The van der Waals surface area contributed by atoms with Crippen LogP contribution in [0.3, 0.4) is 0 Å². The zero-order valence-electron chi connectivity index (χ0n) is 18.9. The standard InChI is InChI=1S/C25H25FN6OS/c1-16-15-31(25(22(34)9-10-27)17-3-5-18(26)6-4-17)11-12-32(16)21-13-23(33)30(2)20-8-7-19(14-28)29-24(20)21/h3-10,13,16,25,27,34H,11-12,15H2,1-2H3/b22-9-,27-10?/t16-,25?/m0/s1. The van der Waals surface area contributed by atoms with Gasteiger partial charge in [0, 0.05) is 49.9 Å². The van der Waals surface area contributed by atoms with Gasteiger partial charge in [0.05, 0.1) is 17.2 Å². The second kappa shape index (κ2) is 9.79. The molecule has 3 heterocycles. The molecule has 1 saturated heterocycles. The number of fused-ring (bicyclic) bond motifs is 1. The van der Waals surface area contributed by atoms with Crippen LogP contribution in [0.25, 0.3) is 11.0 Å². The lowest BCUT2D eigenvalue weighted by molar-refractivity contribution is 0.191. The van der Waals surface area contributed by atoms with Crippen LogP contribution in [0.15, 0.2) is 58.2 Å². The lowest BCUT2D eigenvalue weighted by Crippen LogP contribution is -2.53. The van der Waals surface area contributed by atoms with Gasteiger partial charge in [-0.3, -0.25) is 9.69 Å². The molecule has 1 aromatic carbocycles. The van der Waals surface area contributed by atoms with Crippen LogP contribution in [-0.2, 0) is 7.05 Å². The molecule has 1 fully saturated rings. The molecule has 2 aromatic heterocycles. The molecule has 0 aliphatic carbocycles. The Kier molecular flexibility index (Phi) is 6.82. The molecule has 34 heavy (non-hydrogen) atoms. The maximum atomic E-state index is 13.5. The quantitative estimate of drug-likeness (QED) is 0.433. The third kappa shape index (κ3) is 4.47. The van der Waals surface area contributed by atoms with Crippen molar-refractivity contribution in [3.63, 3.8) is 0 Å². The van der Waals surface area contributed by atoms with Gasteiger partial charge in [0.15, 0.2) is 0 Å². The summed E-state index contributed by atoms with van der Waals surface area (Å²) >= 11 is 4.65. The van der Waals surface area contributed by atoms with Crippen molar-refractivity contribution in [2.45, 2.75) is 19.0 Å². The Morgan fingerprint density at radius 2 is 2.03 bits per heavy atom. The minimum absolute atomic E-state index is 0.0145. The average Bonchev–Trinajstić information content (AvgIpc) is 2.83. The zero-order valence-corrected chi connectivity index (χ0v) is 19.8. The molecule has 1 unspecified atom stereocenters. The molecule has 7 nitrogen and oxygen atoms in total. The van der Waals surface area contributed by atoms with Gasteiger partial charge >= 0.3 is 0 Å². The fraction of sp³-hybridized carbons (Fsp3) is 0.280. The topological polar surface area (TPSA) is 89.0 Å². The molecule has 174 valence electrons. The number of halogens is 1. The van der Waals surface area contributed by atoms with E-state index in [1.165, 1.54) is 22.9 Å². The number of nitriles is 1. The fourth-order valence-corrected chi connectivity index (χ4v) is 4.95. The number of aryl methyl sites for hydroxylation is 1. The van der Waals surface area contributed by atoms with Gasteiger partial charge in [0.1, 0.15) is 23.1 Å². The van der Waals surface area contributed by atoms with Gasteiger partial charge in [-0.25, -0.2) is 9.37 Å². The molecular formula is C25H25FN6OS. The summed E-state index contributed by atoms with van der Waals surface area (Å²) in [5, 5.41) is 16.8. The summed E-state index contributed by atoms with van der Waals surface area (Å²) in [7, 11) is 1.70. The van der Waals surface area contributed by atoms with E-state index in [-0.39, 0.29) is 23.5 Å². The van der Waals surface area contributed by atoms with Crippen LogP contribution in [0.5, 0.6) is 0 Å². The van der Waals surface area contributed by atoms with Crippen molar-refractivity contribution < 1.29 is 4.39 Å². The molecular weight excluding hydrogens is 451 g/mol. The Balaban J connectivity index is 1.70. The third-order valence-electron chi connectivity index (χ3n) is 6.24. The Morgan fingerprint density at radius 3 is 2.68 bits per heavy atom. The average molecular weight is 477 g/mol. The molecule has 0 spiro atoms. The summed E-state index contributed by atoms with van der Waals surface area (Å²) in [5.41, 5.74) is 3.05. The van der Waals surface area contributed by atoms with E-state index in [2.05, 4.69) is 40.4 Å². The number of rotatable bonds is 5. The highest BCUT2D eigenvalue weighted by Crippen LogP contribution is 2.34. The normalized spacial score (nSPS) is 18.0. The number of aromatic nitrogens is 2. The van der Waals surface area contributed by atoms with Crippen LogP contribution in [-0.4, -0.2) is 46.3 Å². The first-order valence-corrected chi connectivity index (χ1v) is 11.4. The van der Waals surface area contributed by atoms with E-state index in [1.807, 2.05) is 0 Å². The third-order valence-corrected chi connectivity index (χ3v) is 6.63. The number of piperazine rings is 1. The highest BCUT2D eigenvalue weighted by atomic mass is 32.1. The second-order valence-electron chi connectivity index (χ2n) is 8.35. The Labute approximate surface area is 202 Å². The van der Waals surface area contributed by atoms with E-state index in [4.69, 9.17) is 5.41 Å². The lowest BCUT2D eigenvalue weighted by Gasteiger charge is -2.44. The molecule has 1 aliphatic heterocycles. The largest absolute Gasteiger partial charge is 0.364 e. The van der Waals surface area contributed by atoms with E-state index in [9.17, 15) is 14.4 Å². The van der Waals surface area contributed by atoms with Crippen molar-refractivity contribution in [2.75, 3.05) is 24.5 Å². The number of benzene rings is 1. The molecule has 0 saturated carbocycles. The van der Waals surface area contributed by atoms with E-state index < -0.39 is 0 Å². The van der Waals surface area contributed by atoms with Crippen LogP contribution in [0.2, 0.25) is 0 Å². The predicted molar refractivity (Wildman–Crippen MR) is 135 cm³/mol. The molecule has 0 bridgehead atoms. The minimum Gasteiger partial charge on any atom is -0.364 e. The number of anilines is 1. The van der Waals surface area contributed by atoms with Gasteiger partial charge in [-0.15, -0.1) is 12.6 Å². The van der Waals surface area contributed by atoms with Crippen LogP contribution in [0.4, 0.5) is 10.1 Å². The number of thiol groups is 1. The Bertz CT molecular complexity index is 1360. The first kappa shape index (κ1) is 23.7. The summed E-state index contributed by atoms with van der Waals surface area (Å²) in [5.74, 6) is -0.306. The van der Waals surface area contributed by atoms with Crippen LogP contribution < -0.4 is 10.5 Å². The zero-order chi connectivity index (χ0) is 24.4. The Morgan fingerprint density at radius 1 is 1.29 bits per heavy atom. The van der Waals surface area contributed by atoms with E-state index >= 15 is 0 Å². The summed E-state index contributed by atoms with van der Waals surface area (Å²) in [6.45, 7) is 3.98. The van der Waals surface area contributed by atoms with Crippen molar-refractivity contribution in [3.8, 4) is 6.07 Å². The van der Waals surface area contributed by atoms with Crippen LogP contribution in [0.1, 0.15) is 24.2 Å². The predicted octanol–water partition coefficient (Wildman–Crippen LogP) is 3.66. The van der Waals surface area contributed by atoms with Crippen LogP contribution in [0, 0.1) is 22.6 Å². The first-order valence-electron chi connectivity index (χ1n) is 10.9. The SMILES string of the molecule is C[C@H]1CN(C(/C(S)=C/C=N)c2ccc(F)cc2)CCN1c1cc(=O)n(C)c2ccc(C#N)nc12. The molecule has 9 heteroatoms. The maximum absolute atomic E-state index is 13.5. The summed E-state index contributed by atoms with van der Waals surface area (Å²) in [4.78, 5) is 22.3. The van der Waals surface area contributed by atoms with Crippen molar-refractivity contribution in [1.29, 1.82) is 10.7 Å². The van der Waals surface area contributed by atoms with Gasteiger partial charge in [0.2, 0.25) is 0 Å². The summed E-state index contributed by atoms with van der Waals surface area (Å²) < 4.78 is 15.1. The van der Waals surface area contributed by atoms with Gasteiger partial charge in [-0.2, -0.15) is 5.26 Å². The highest BCUT2D eigenvalue weighted by molar-refractivity contribution is 7.84. The monoisotopic (exact) mass is 476 g/mol. The fourth-order valence-electron chi connectivity index (χ4n) is 4.56. The van der Waals surface area contributed by atoms with Gasteiger partial charge < -0.3 is 14.9 Å². The smallest absolute Gasteiger partial charge is 0.252 e. The summed E-state index contributed by atoms with van der Waals surface area (Å²) in [6, 6.07) is 13.2.